The molecule has 0 saturated carbocycles. The SMILES string of the molecule is CCOC(=O)C(CCc1ccccc1)N[C@@H]1CCC[C@@H]2SC(=O)[C@H](C(=O)O)N2C1. The Labute approximate surface area is 175 Å². The predicted octanol–water partition coefficient (Wildman–Crippen LogP) is 2.05. The number of nitrogens with one attached hydrogen (secondary N) is 1. The summed E-state index contributed by atoms with van der Waals surface area (Å²) in [5.41, 5.74) is 1.15. The van der Waals surface area contributed by atoms with Crippen molar-refractivity contribution in [2.24, 2.45) is 0 Å². The number of esters is 1. The van der Waals surface area contributed by atoms with E-state index in [1.807, 2.05) is 30.3 Å². The fourth-order valence-electron chi connectivity index (χ4n) is 4.03. The first-order valence-corrected chi connectivity index (χ1v) is 11.0. The molecular weight excluding hydrogens is 392 g/mol. The Morgan fingerprint density at radius 1 is 1.31 bits per heavy atom. The average molecular weight is 421 g/mol. The van der Waals surface area contributed by atoms with Crippen molar-refractivity contribution in [2.75, 3.05) is 13.2 Å². The Kier molecular flexibility index (Phi) is 7.69. The molecule has 0 spiro atoms. The standard InChI is InChI=1S/C21H28N2O5S/c1-2-28-20(26)16(12-11-14-7-4-3-5-8-14)22-15-9-6-10-17-23(13-15)18(19(24)25)21(27)29-17/h3-5,7-8,15-18,22H,2,6,9-13H2,1H3,(H,24,25)/t15-,16?,17+,18+/m1/s1. The van der Waals surface area contributed by atoms with Crippen LogP contribution in [0, 0.1) is 0 Å². The maximum atomic E-state index is 12.5. The summed E-state index contributed by atoms with van der Waals surface area (Å²) >= 11 is 1.13. The highest BCUT2D eigenvalue weighted by Gasteiger charge is 2.47. The summed E-state index contributed by atoms with van der Waals surface area (Å²) in [4.78, 5) is 38.0. The highest BCUT2D eigenvalue weighted by molar-refractivity contribution is 8.14. The van der Waals surface area contributed by atoms with Gasteiger partial charge < -0.3 is 15.2 Å². The number of hydrogen-bond acceptors (Lipinski definition) is 7. The Morgan fingerprint density at radius 2 is 2.07 bits per heavy atom. The van der Waals surface area contributed by atoms with Gasteiger partial charge in [0.2, 0.25) is 5.12 Å². The molecule has 3 rings (SSSR count). The van der Waals surface area contributed by atoms with Crippen LogP contribution >= 0.6 is 11.8 Å². The van der Waals surface area contributed by atoms with Gasteiger partial charge in [-0.2, -0.15) is 0 Å². The number of rotatable bonds is 8. The minimum atomic E-state index is -1.10. The molecule has 0 radical (unpaired) electrons. The lowest BCUT2D eigenvalue weighted by molar-refractivity contribution is -0.147. The number of aliphatic carboxylic acids is 1. The van der Waals surface area contributed by atoms with Gasteiger partial charge in [0.1, 0.15) is 6.04 Å². The zero-order chi connectivity index (χ0) is 20.8. The summed E-state index contributed by atoms with van der Waals surface area (Å²) in [5.74, 6) is -1.39. The third kappa shape index (κ3) is 5.58. The first-order valence-electron chi connectivity index (χ1n) is 10.1. The van der Waals surface area contributed by atoms with E-state index >= 15 is 0 Å². The molecule has 2 aliphatic rings. The molecule has 158 valence electrons. The smallest absolute Gasteiger partial charge is 0.329 e. The van der Waals surface area contributed by atoms with Crippen LogP contribution in [-0.4, -0.2) is 63.7 Å². The second-order valence-electron chi connectivity index (χ2n) is 7.45. The predicted molar refractivity (Wildman–Crippen MR) is 110 cm³/mol. The van der Waals surface area contributed by atoms with Crippen molar-refractivity contribution in [2.45, 2.75) is 62.5 Å². The topological polar surface area (TPSA) is 95.9 Å². The Bertz CT molecular complexity index is 729. The number of benzene rings is 1. The summed E-state index contributed by atoms with van der Waals surface area (Å²) in [7, 11) is 0. The molecule has 1 aromatic rings. The zero-order valence-corrected chi connectivity index (χ0v) is 17.4. The van der Waals surface area contributed by atoms with E-state index in [2.05, 4.69) is 5.32 Å². The van der Waals surface area contributed by atoms with Crippen molar-refractivity contribution in [3.05, 3.63) is 35.9 Å². The summed E-state index contributed by atoms with van der Waals surface area (Å²) in [6.07, 6.45) is 3.81. The van der Waals surface area contributed by atoms with E-state index in [1.165, 1.54) is 0 Å². The molecule has 2 fully saturated rings. The summed E-state index contributed by atoms with van der Waals surface area (Å²) in [6.45, 7) is 2.53. The third-order valence-electron chi connectivity index (χ3n) is 5.42. The number of carbonyl (C=O) groups excluding carboxylic acids is 2. The highest BCUT2D eigenvalue weighted by Crippen LogP contribution is 2.36. The van der Waals surface area contributed by atoms with Gasteiger partial charge in [-0.1, -0.05) is 42.1 Å². The second-order valence-corrected chi connectivity index (χ2v) is 8.63. The van der Waals surface area contributed by atoms with Gasteiger partial charge >= 0.3 is 11.9 Å². The molecule has 1 unspecified atom stereocenters. The Morgan fingerprint density at radius 3 is 2.76 bits per heavy atom. The van der Waals surface area contributed by atoms with Crippen LogP contribution in [0.2, 0.25) is 0 Å². The van der Waals surface area contributed by atoms with Crippen LogP contribution in [0.3, 0.4) is 0 Å². The minimum absolute atomic E-state index is 0.0708. The first-order chi connectivity index (χ1) is 14.0. The first kappa shape index (κ1) is 21.8. The van der Waals surface area contributed by atoms with E-state index in [4.69, 9.17) is 4.74 Å². The number of ether oxygens (including phenoxy) is 1. The van der Waals surface area contributed by atoms with Crippen LogP contribution in [0.15, 0.2) is 30.3 Å². The van der Waals surface area contributed by atoms with Crippen molar-refractivity contribution in [3.63, 3.8) is 0 Å². The molecule has 2 heterocycles. The number of aryl methyl sites for hydroxylation is 1. The number of carboxylic acid groups (broad SMARTS) is 1. The summed E-state index contributed by atoms with van der Waals surface area (Å²) < 4.78 is 5.26. The average Bonchev–Trinajstić information content (AvgIpc) is 2.88. The van der Waals surface area contributed by atoms with Gasteiger partial charge in [-0.3, -0.25) is 14.5 Å². The molecule has 0 amide bonds. The molecule has 0 bridgehead atoms. The van der Waals surface area contributed by atoms with E-state index in [-0.39, 0.29) is 22.5 Å². The molecule has 1 aromatic carbocycles. The molecule has 8 heteroatoms. The lowest BCUT2D eigenvalue weighted by atomic mass is 10.0. The van der Waals surface area contributed by atoms with E-state index in [0.717, 1.165) is 43.0 Å². The number of nitrogens with zero attached hydrogens (tertiary/aromatic N) is 1. The lowest BCUT2D eigenvalue weighted by Crippen LogP contribution is -2.52. The summed E-state index contributed by atoms with van der Waals surface area (Å²) in [5, 5.41) is 12.5. The van der Waals surface area contributed by atoms with Crippen LogP contribution in [-0.2, 0) is 25.5 Å². The van der Waals surface area contributed by atoms with Crippen LogP contribution in [0.25, 0.3) is 0 Å². The highest BCUT2D eigenvalue weighted by atomic mass is 32.2. The van der Waals surface area contributed by atoms with Gasteiger partial charge in [0.25, 0.3) is 0 Å². The molecule has 29 heavy (non-hydrogen) atoms. The zero-order valence-electron chi connectivity index (χ0n) is 16.6. The largest absolute Gasteiger partial charge is 0.480 e. The van der Waals surface area contributed by atoms with Crippen molar-refractivity contribution in [3.8, 4) is 0 Å². The van der Waals surface area contributed by atoms with Crippen molar-refractivity contribution in [1.82, 2.24) is 10.2 Å². The molecule has 2 saturated heterocycles. The number of carbonyl (C=O) groups is 3. The number of carboxylic acids is 1. The van der Waals surface area contributed by atoms with Gasteiger partial charge in [-0.15, -0.1) is 0 Å². The number of fused-ring (bicyclic) bond motifs is 1. The molecule has 7 nitrogen and oxygen atoms in total. The lowest BCUT2D eigenvalue weighted by Gasteiger charge is -2.29. The van der Waals surface area contributed by atoms with Crippen LogP contribution in [0.4, 0.5) is 0 Å². The molecule has 0 aromatic heterocycles. The maximum absolute atomic E-state index is 12.5. The molecule has 2 aliphatic heterocycles. The quantitative estimate of drug-likeness (QED) is 0.487. The number of hydrogen-bond donors (Lipinski definition) is 2. The third-order valence-corrected chi connectivity index (χ3v) is 6.65. The number of thioether (sulfide) groups is 1. The van der Waals surface area contributed by atoms with Gasteiger partial charge in [-0.25, -0.2) is 4.79 Å². The fraction of sp³-hybridized carbons (Fsp3) is 0.571. The van der Waals surface area contributed by atoms with Crippen LogP contribution < -0.4 is 5.32 Å². The van der Waals surface area contributed by atoms with Crippen molar-refractivity contribution in [1.29, 1.82) is 0 Å². The normalized spacial score (nSPS) is 25.8. The van der Waals surface area contributed by atoms with Gasteiger partial charge in [-0.05, 0) is 44.6 Å². The van der Waals surface area contributed by atoms with Crippen LogP contribution in [0.5, 0.6) is 0 Å². The van der Waals surface area contributed by atoms with Crippen molar-refractivity contribution < 1.29 is 24.2 Å². The second kappa shape index (κ2) is 10.2. The molecule has 4 atom stereocenters. The minimum Gasteiger partial charge on any atom is -0.480 e. The fourth-order valence-corrected chi connectivity index (χ4v) is 5.29. The monoisotopic (exact) mass is 420 g/mol. The van der Waals surface area contributed by atoms with E-state index < -0.39 is 18.1 Å². The van der Waals surface area contributed by atoms with E-state index in [9.17, 15) is 19.5 Å². The Balaban J connectivity index is 1.68. The summed E-state index contributed by atoms with van der Waals surface area (Å²) in [6, 6.07) is 8.33. The Hall–Kier alpha value is -1.90. The van der Waals surface area contributed by atoms with Crippen LogP contribution in [0.1, 0.15) is 38.2 Å². The molecule has 0 aliphatic carbocycles. The molecule has 2 N–H and O–H groups in total. The van der Waals surface area contributed by atoms with Gasteiger partial charge in [0, 0.05) is 12.6 Å². The van der Waals surface area contributed by atoms with Gasteiger partial charge in [0.15, 0.2) is 6.04 Å². The van der Waals surface area contributed by atoms with Crippen molar-refractivity contribution >= 4 is 28.8 Å². The molecular formula is C21H28N2O5S. The maximum Gasteiger partial charge on any atom is 0.329 e. The van der Waals surface area contributed by atoms with Gasteiger partial charge in [0.05, 0.1) is 12.0 Å². The van der Waals surface area contributed by atoms with E-state index in [0.29, 0.717) is 19.6 Å². The van der Waals surface area contributed by atoms with E-state index in [1.54, 1.807) is 11.8 Å².